The Balaban J connectivity index is 1.85. The molecule has 1 aliphatic carbocycles. The van der Waals surface area contributed by atoms with Gasteiger partial charge in [-0.3, -0.25) is 4.79 Å². The first-order chi connectivity index (χ1) is 10.1. The third-order valence-corrected chi connectivity index (χ3v) is 4.94. The quantitative estimate of drug-likeness (QED) is 0.849. The van der Waals surface area contributed by atoms with Crippen LogP contribution in [0.25, 0.3) is 0 Å². The van der Waals surface area contributed by atoms with Crippen LogP contribution in [0.2, 0.25) is 0 Å². The number of carbonyl (C=O) groups is 2. The average Bonchev–Trinajstić information content (AvgIpc) is 2.55. The molecule has 6 heteroatoms. The predicted molar refractivity (Wildman–Crippen MR) is 79.7 cm³/mol. The summed E-state index contributed by atoms with van der Waals surface area (Å²) in [6.07, 6.45) is 6.00. The highest BCUT2D eigenvalue weighted by atomic mass is 16.5. The number of amides is 2. The van der Waals surface area contributed by atoms with Crippen LogP contribution in [0.15, 0.2) is 0 Å². The van der Waals surface area contributed by atoms with E-state index in [0.29, 0.717) is 39.1 Å². The molecule has 1 aliphatic heterocycles. The fraction of sp³-hybridized carbons (Fsp3) is 0.867. The van der Waals surface area contributed by atoms with Crippen LogP contribution in [0.5, 0.6) is 0 Å². The Morgan fingerprint density at radius 2 is 1.62 bits per heavy atom. The molecule has 2 N–H and O–H groups in total. The molecule has 21 heavy (non-hydrogen) atoms. The zero-order chi connectivity index (χ0) is 15.3. The minimum Gasteiger partial charge on any atom is -0.453 e. The molecule has 0 bridgehead atoms. The molecule has 0 spiro atoms. The van der Waals surface area contributed by atoms with Gasteiger partial charge >= 0.3 is 6.09 Å². The van der Waals surface area contributed by atoms with Gasteiger partial charge < -0.3 is 20.3 Å². The maximum absolute atomic E-state index is 12.5. The lowest BCUT2D eigenvalue weighted by atomic mass is 9.71. The first-order valence-electron chi connectivity index (χ1n) is 7.91. The van der Waals surface area contributed by atoms with E-state index in [0.717, 1.165) is 12.8 Å². The van der Waals surface area contributed by atoms with Crippen molar-refractivity contribution in [2.75, 3.05) is 39.8 Å². The number of carbonyl (C=O) groups excluding carboxylic acids is 2. The van der Waals surface area contributed by atoms with E-state index in [1.54, 1.807) is 4.90 Å². The van der Waals surface area contributed by atoms with Crippen molar-refractivity contribution < 1.29 is 14.3 Å². The number of nitrogens with zero attached hydrogens (tertiary/aromatic N) is 2. The van der Waals surface area contributed by atoms with Crippen molar-refractivity contribution in [2.45, 2.75) is 38.5 Å². The molecule has 2 rings (SSSR count). The van der Waals surface area contributed by atoms with Gasteiger partial charge in [0.15, 0.2) is 0 Å². The van der Waals surface area contributed by atoms with Gasteiger partial charge in [-0.05, 0) is 24.8 Å². The number of hydrogen-bond acceptors (Lipinski definition) is 4. The first kappa shape index (κ1) is 16.1. The standard InChI is InChI=1S/C15H27N3O3/c1-21-14(20)18-9-7-17(8-10-18)13(19)11-15(12-16)5-3-2-4-6-15/h2-12,16H2,1H3. The second kappa shape index (κ2) is 7.11. The Hall–Kier alpha value is -1.30. The predicted octanol–water partition coefficient (Wildman–Crippen LogP) is 1.20. The molecule has 120 valence electrons. The maximum atomic E-state index is 12.5. The molecular weight excluding hydrogens is 270 g/mol. The molecule has 2 fully saturated rings. The Kier molecular flexibility index (Phi) is 5.45. The Labute approximate surface area is 126 Å². The van der Waals surface area contributed by atoms with E-state index in [1.165, 1.54) is 26.4 Å². The molecular formula is C15H27N3O3. The minimum absolute atomic E-state index is 0.00875. The van der Waals surface area contributed by atoms with Crippen LogP contribution in [0, 0.1) is 5.41 Å². The van der Waals surface area contributed by atoms with Gasteiger partial charge in [-0.15, -0.1) is 0 Å². The highest BCUT2D eigenvalue weighted by Gasteiger charge is 2.35. The topological polar surface area (TPSA) is 75.9 Å². The average molecular weight is 297 g/mol. The molecule has 2 aliphatic rings. The van der Waals surface area contributed by atoms with Crippen molar-refractivity contribution in [2.24, 2.45) is 11.1 Å². The normalized spacial score (nSPS) is 22.0. The second-order valence-corrected chi connectivity index (χ2v) is 6.28. The first-order valence-corrected chi connectivity index (χ1v) is 7.91. The lowest BCUT2D eigenvalue weighted by Crippen LogP contribution is -2.51. The summed E-state index contributed by atoms with van der Waals surface area (Å²) in [7, 11) is 1.38. The van der Waals surface area contributed by atoms with Gasteiger partial charge in [0, 0.05) is 32.6 Å². The summed E-state index contributed by atoms with van der Waals surface area (Å²) in [6, 6.07) is 0. The fourth-order valence-corrected chi connectivity index (χ4v) is 3.45. The van der Waals surface area contributed by atoms with Crippen LogP contribution in [0.4, 0.5) is 4.79 Å². The highest BCUT2D eigenvalue weighted by Crippen LogP contribution is 2.38. The van der Waals surface area contributed by atoms with E-state index in [9.17, 15) is 9.59 Å². The lowest BCUT2D eigenvalue weighted by Gasteiger charge is -2.39. The Morgan fingerprint density at radius 3 is 2.14 bits per heavy atom. The number of nitrogens with two attached hydrogens (primary N) is 1. The number of rotatable bonds is 3. The van der Waals surface area contributed by atoms with Gasteiger partial charge in [0.05, 0.1) is 7.11 Å². The fourth-order valence-electron chi connectivity index (χ4n) is 3.45. The number of piperazine rings is 1. The van der Waals surface area contributed by atoms with E-state index < -0.39 is 0 Å². The molecule has 0 atom stereocenters. The lowest BCUT2D eigenvalue weighted by molar-refractivity contribution is -0.135. The second-order valence-electron chi connectivity index (χ2n) is 6.28. The van der Waals surface area contributed by atoms with Crippen LogP contribution in [0.3, 0.4) is 0 Å². The summed E-state index contributed by atoms with van der Waals surface area (Å²) in [5.41, 5.74) is 5.96. The SMILES string of the molecule is COC(=O)N1CCN(C(=O)CC2(CN)CCCCC2)CC1. The van der Waals surface area contributed by atoms with E-state index in [4.69, 9.17) is 10.5 Å². The van der Waals surface area contributed by atoms with E-state index >= 15 is 0 Å². The van der Waals surface area contributed by atoms with Gasteiger partial charge in [-0.2, -0.15) is 0 Å². The molecule has 0 unspecified atom stereocenters. The van der Waals surface area contributed by atoms with Crippen molar-refractivity contribution >= 4 is 12.0 Å². The molecule has 1 saturated heterocycles. The van der Waals surface area contributed by atoms with Crippen LogP contribution >= 0.6 is 0 Å². The van der Waals surface area contributed by atoms with Crippen LogP contribution in [-0.4, -0.2) is 61.6 Å². The number of ether oxygens (including phenoxy) is 1. The van der Waals surface area contributed by atoms with E-state index in [1.807, 2.05) is 4.90 Å². The van der Waals surface area contributed by atoms with Gasteiger partial charge in [-0.1, -0.05) is 19.3 Å². The highest BCUT2D eigenvalue weighted by molar-refractivity contribution is 5.77. The number of methoxy groups -OCH3 is 1. The molecule has 0 aromatic rings. The van der Waals surface area contributed by atoms with Crippen LogP contribution in [-0.2, 0) is 9.53 Å². The molecule has 0 radical (unpaired) electrons. The summed E-state index contributed by atoms with van der Waals surface area (Å²) >= 11 is 0. The summed E-state index contributed by atoms with van der Waals surface area (Å²) in [4.78, 5) is 27.5. The smallest absolute Gasteiger partial charge is 0.409 e. The summed E-state index contributed by atoms with van der Waals surface area (Å²) in [5, 5.41) is 0. The Morgan fingerprint density at radius 1 is 1.05 bits per heavy atom. The van der Waals surface area contributed by atoms with Crippen molar-refractivity contribution in [3.63, 3.8) is 0 Å². The zero-order valence-corrected chi connectivity index (χ0v) is 13.0. The van der Waals surface area contributed by atoms with Gasteiger partial charge in [-0.25, -0.2) is 4.79 Å². The molecule has 1 heterocycles. The van der Waals surface area contributed by atoms with E-state index in [-0.39, 0.29) is 17.4 Å². The Bertz CT molecular complexity index is 372. The zero-order valence-electron chi connectivity index (χ0n) is 13.0. The van der Waals surface area contributed by atoms with Crippen LogP contribution < -0.4 is 5.73 Å². The van der Waals surface area contributed by atoms with Crippen molar-refractivity contribution in [1.29, 1.82) is 0 Å². The van der Waals surface area contributed by atoms with Gasteiger partial charge in [0.25, 0.3) is 0 Å². The number of hydrogen-bond donors (Lipinski definition) is 1. The monoisotopic (exact) mass is 297 g/mol. The molecule has 6 nitrogen and oxygen atoms in total. The molecule has 0 aromatic carbocycles. The molecule has 2 amide bonds. The maximum Gasteiger partial charge on any atom is 0.409 e. The van der Waals surface area contributed by atoms with Crippen molar-refractivity contribution in [1.82, 2.24) is 9.80 Å². The third kappa shape index (κ3) is 3.87. The largest absolute Gasteiger partial charge is 0.453 e. The van der Waals surface area contributed by atoms with Gasteiger partial charge in [0.2, 0.25) is 5.91 Å². The third-order valence-electron chi connectivity index (χ3n) is 4.94. The summed E-state index contributed by atoms with van der Waals surface area (Å²) < 4.78 is 4.71. The van der Waals surface area contributed by atoms with E-state index in [2.05, 4.69) is 0 Å². The molecule has 1 saturated carbocycles. The molecule has 0 aromatic heterocycles. The van der Waals surface area contributed by atoms with Crippen molar-refractivity contribution in [3.8, 4) is 0 Å². The van der Waals surface area contributed by atoms with Crippen LogP contribution in [0.1, 0.15) is 38.5 Å². The van der Waals surface area contributed by atoms with Crippen molar-refractivity contribution in [3.05, 3.63) is 0 Å². The minimum atomic E-state index is -0.312. The summed E-state index contributed by atoms with van der Waals surface area (Å²) in [5.74, 6) is 0.187. The van der Waals surface area contributed by atoms with Gasteiger partial charge in [0.1, 0.15) is 0 Å². The summed E-state index contributed by atoms with van der Waals surface area (Å²) in [6.45, 7) is 2.88.